The van der Waals surface area contributed by atoms with Crippen molar-refractivity contribution in [2.24, 2.45) is 5.73 Å². The lowest BCUT2D eigenvalue weighted by atomic mass is 10.2. The first-order valence-electron chi connectivity index (χ1n) is 15.1. The van der Waals surface area contributed by atoms with Crippen LogP contribution in [0.4, 0.5) is 0 Å². The lowest BCUT2D eigenvalue weighted by Crippen LogP contribution is -2.27. The average molecular weight is 570 g/mol. The van der Waals surface area contributed by atoms with E-state index in [4.69, 9.17) is 0 Å². The van der Waals surface area contributed by atoms with E-state index >= 15 is 0 Å². The van der Waals surface area contributed by atoms with Crippen molar-refractivity contribution >= 4 is 5.91 Å². The Labute approximate surface area is 254 Å². The minimum atomic E-state index is -0.0582. The van der Waals surface area contributed by atoms with Crippen LogP contribution in [-0.2, 0) is 17.8 Å². The molecule has 0 radical (unpaired) electrons. The van der Waals surface area contributed by atoms with E-state index < -0.39 is 0 Å². The molecule has 1 amide bonds. The number of hydrogen-bond acceptors (Lipinski definition) is 4. The molecule has 0 atom stereocenters. The standard InChI is InChI=1S/C28H40N4O.3C2H6.CH5N/c1-7-12-15-25(10-4)21-31(11-5)28(33)18-24(6)19-29-17-16-27-20-30-23-32(27)22-26(13-8-2)14-9-3;4*1-2/h8-15,18,20,23,29H,2,5,7,16-17,19,21-22H2,1,3-4,6H3;3*1-2H3;2H2,1H3/b14-9-,15-12-,24-18+,25-10+,26-13+;;;;. The van der Waals surface area contributed by atoms with Crippen molar-refractivity contribution in [2.75, 3.05) is 26.7 Å². The van der Waals surface area contributed by atoms with Gasteiger partial charge in [-0.2, -0.15) is 0 Å². The third-order valence-electron chi connectivity index (χ3n) is 4.99. The van der Waals surface area contributed by atoms with Gasteiger partial charge in [0.15, 0.2) is 0 Å². The highest BCUT2D eigenvalue weighted by Gasteiger charge is 2.09. The van der Waals surface area contributed by atoms with Crippen LogP contribution in [-0.4, -0.2) is 47.0 Å². The van der Waals surface area contributed by atoms with Gasteiger partial charge in [0, 0.05) is 50.2 Å². The van der Waals surface area contributed by atoms with Crippen LogP contribution in [0.25, 0.3) is 0 Å². The van der Waals surface area contributed by atoms with Gasteiger partial charge >= 0.3 is 0 Å². The van der Waals surface area contributed by atoms with Crippen molar-refractivity contribution < 1.29 is 4.79 Å². The molecule has 1 aromatic rings. The monoisotopic (exact) mass is 570 g/mol. The van der Waals surface area contributed by atoms with Crippen LogP contribution in [0.5, 0.6) is 0 Å². The van der Waals surface area contributed by atoms with Crippen LogP contribution in [0.15, 0.2) is 97.2 Å². The van der Waals surface area contributed by atoms with Crippen molar-refractivity contribution in [2.45, 2.75) is 88.6 Å². The largest absolute Gasteiger partial charge is 0.333 e. The second-order valence-corrected chi connectivity index (χ2v) is 7.73. The quantitative estimate of drug-likeness (QED) is 0.127. The summed E-state index contributed by atoms with van der Waals surface area (Å²) in [6.45, 7) is 30.4. The molecule has 1 aromatic heterocycles. The van der Waals surface area contributed by atoms with Gasteiger partial charge in [0.2, 0.25) is 0 Å². The van der Waals surface area contributed by atoms with Gasteiger partial charge < -0.3 is 20.5 Å². The fraction of sp³-hybridized carbons (Fsp3) is 0.486. The fourth-order valence-electron chi connectivity index (χ4n) is 3.21. The molecule has 0 aliphatic heterocycles. The molecule has 1 rings (SSSR count). The smallest absolute Gasteiger partial charge is 0.250 e. The maximum absolute atomic E-state index is 12.7. The number of nitrogens with two attached hydrogens (primary N) is 1. The van der Waals surface area contributed by atoms with E-state index in [1.54, 1.807) is 23.3 Å². The Balaban J connectivity index is -0.000000782. The number of carbonyl (C=O) groups excluding carboxylic acids is 1. The van der Waals surface area contributed by atoms with Gasteiger partial charge in [-0.25, -0.2) is 4.98 Å². The summed E-state index contributed by atoms with van der Waals surface area (Å²) in [4.78, 5) is 18.6. The molecule has 0 aromatic carbocycles. The molecule has 3 N–H and O–H groups in total. The molecule has 1 heterocycles. The number of nitrogens with zero attached hydrogens (tertiary/aromatic N) is 3. The van der Waals surface area contributed by atoms with Crippen molar-refractivity contribution in [3.63, 3.8) is 0 Å². The molecule has 41 heavy (non-hydrogen) atoms. The van der Waals surface area contributed by atoms with Crippen LogP contribution in [0.3, 0.4) is 0 Å². The zero-order valence-corrected chi connectivity index (χ0v) is 28.3. The highest BCUT2D eigenvalue weighted by molar-refractivity contribution is 5.89. The van der Waals surface area contributed by atoms with E-state index in [0.717, 1.165) is 42.8 Å². The third kappa shape index (κ3) is 23.2. The fourth-order valence-corrected chi connectivity index (χ4v) is 3.21. The van der Waals surface area contributed by atoms with Crippen LogP contribution in [0.2, 0.25) is 0 Å². The second kappa shape index (κ2) is 34.8. The molecule has 0 aliphatic rings. The molecule has 0 bridgehead atoms. The first-order valence-corrected chi connectivity index (χ1v) is 15.1. The maximum atomic E-state index is 12.7. The summed E-state index contributed by atoms with van der Waals surface area (Å²) in [5.74, 6) is -0.0582. The van der Waals surface area contributed by atoms with E-state index in [1.165, 1.54) is 12.6 Å². The number of amides is 1. The lowest BCUT2D eigenvalue weighted by Gasteiger charge is -2.17. The first kappa shape index (κ1) is 44.8. The second-order valence-electron chi connectivity index (χ2n) is 7.73. The third-order valence-corrected chi connectivity index (χ3v) is 4.99. The summed E-state index contributed by atoms with van der Waals surface area (Å²) in [5.41, 5.74) is 8.91. The Bertz CT molecular complexity index is 917. The average Bonchev–Trinajstić information content (AvgIpc) is 3.46. The van der Waals surface area contributed by atoms with E-state index in [-0.39, 0.29) is 5.91 Å². The van der Waals surface area contributed by atoms with Gasteiger partial charge in [0.1, 0.15) is 0 Å². The Morgan fingerprint density at radius 3 is 2.22 bits per heavy atom. The molecular formula is C35H63N5O. The lowest BCUT2D eigenvalue weighted by molar-refractivity contribution is -0.123. The van der Waals surface area contributed by atoms with E-state index in [2.05, 4.69) is 58.9 Å². The Morgan fingerprint density at radius 2 is 1.71 bits per heavy atom. The summed E-state index contributed by atoms with van der Waals surface area (Å²) >= 11 is 0. The summed E-state index contributed by atoms with van der Waals surface area (Å²) in [6, 6.07) is 0. The van der Waals surface area contributed by atoms with Crippen molar-refractivity contribution in [3.8, 4) is 0 Å². The summed E-state index contributed by atoms with van der Waals surface area (Å²) in [7, 11) is 1.50. The molecule has 0 saturated heterocycles. The van der Waals surface area contributed by atoms with Crippen molar-refractivity contribution in [1.82, 2.24) is 19.8 Å². The number of hydrogen-bond donors (Lipinski definition) is 2. The van der Waals surface area contributed by atoms with Gasteiger partial charge in [0.05, 0.1) is 12.9 Å². The number of imidazole rings is 1. The van der Waals surface area contributed by atoms with E-state index in [0.29, 0.717) is 13.1 Å². The molecule has 234 valence electrons. The SMILES string of the molecule is C=C/C=C(\C=C/C)Cn1cncc1CCNC/C(C)=C/C(=O)N(C=C)CC(/C=C\CC)=C/C.CC.CC.CC.CN. The Morgan fingerprint density at radius 1 is 1.07 bits per heavy atom. The highest BCUT2D eigenvalue weighted by Crippen LogP contribution is 2.08. The van der Waals surface area contributed by atoms with Gasteiger partial charge in [-0.1, -0.05) is 110 Å². The summed E-state index contributed by atoms with van der Waals surface area (Å²) < 4.78 is 2.15. The Hall–Kier alpha value is -3.22. The van der Waals surface area contributed by atoms with Crippen LogP contribution in [0, 0.1) is 0 Å². The molecule has 6 nitrogen and oxygen atoms in total. The number of rotatable bonds is 15. The van der Waals surface area contributed by atoms with E-state index in [9.17, 15) is 4.79 Å². The van der Waals surface area contributed by atoms with Gasteiger partial charge in [-0.15, -0.1) is 0 Å². The summed E-state index contributed by atoms with van der Waals surface area (Å²) in [5, 5.41) is 3.42. The number of carbonyl (C=O) groups is 1. The number of aromatic nitrogens is 2. The first-order chi connectivity index (χ1) is 20.0. The number of allylic oxidation sites excluding steroid dienone is 7. The van der Waals surface area contributed by atoms with Crippen LogP contribution in [0.1, 0.15) is 81.4 Å². The molecular weight excluding hydrogens is 506 g/mol. The molecule has 0 aliphatic carbocycles. The molecule has 0 unspecified atom stereocenters. The predicted octanol–water partition coefficient (Wildman–Crippen LogP) is 8.19. The zero-order valence-electron chi connectivity index (χ0n) is 28.3. The van der Waals surface area contributed by atoms with Crippen molar-refractivity contribution in [3.05, 3.63) is 103 Å². The van der Waals surface area contributed by atoms with Crippen LogP contribution >= 0.6 is 0 Å². The minimum Gasteiger partial charge on any atom is -0.333 e. The van der Waals surface area contributed by atoms with Crippen molar-refractivity contribution in [1.29, 1.82) is 0 Å². The minimum absolute atomic E-state index is 0.0582. The van der Waals surface area contributed by atoms with E-state index in [1.807, 2.05) is 93.1 Å². The molecule has 6 heteroatoms. The van der Waals surface area contributed by atoms with Gasteiger partial charge in [0.25, 0.3) is 5.91 Å². The Kier molecular flexibility index (Phi) is 38.0. The molecule has 0 fully saturated rings. The topological polar surface area (TPSA) is 76.2 Å². The van der Waals surface area contributed by atoms with Gasteiger partial charge in [-0.3, -0.25) is 4.79 Å². The molecule has 0 saturated carbocycles. The van der Waals surface area contributed by atoms with Gasteiger partial charge in [-0.05, 0) is 45.4 Å². The normalized spacial score (nSPS) is 11.2. The van der Waals surface area contributed by atoms with Crippen LogP contribution < -0.4 is 11.1 Å². The predicted molar refractivity (Wildman–Crippen MR) is 185 cm³/mol. The summed E-state index contributed by atoms with van der Waals surface area (Å²) in [6.07, 6.45) is 23.0. The number of nitrogens with one attached hydrogen (secondary N) is 1. The highest BCUT2D eigenvalue weighted by atomic mass is 16.2. The molecule has 0 spiro atoms. The zero-order chi connectivity index (χ0) is 32.5. The maximum Gasteiger partial charge on any atom is 0.250 e.